The van der Waals surface area contributed by atoms with E-state index in [9.17, 15) is 0 Å². The lowest BCUT2D eigenvalue weighted by Gasteiger charge is -2.32. The summed E-state index contributed by atoms with van der Waals surface area (Å²) in [5.74, 6) is 1.78. The Morgan fingerprint density at radius 1 is 1.20 bits per heavy atom. The van der Waals surface area contributed by atoms with Gasteiger partial charge in [0, 0.05) is 23.9 Å². The van der Waals surface area contributed by atoms with E-state index >= 15 is 0 Å². The standard InChI is InChI=1S/C15H17N5/c1-11-5-4-8-19(9-11)15-13-7-3-2-6-12(13)14-17-16-10-20(14)18-15/h2-3,6-7,10-11H,4-5,8-9H2,1H3. The molecule has 0 bridgehead atoms. The van der Waals surface area contributed by atoms with Crippen LogP contribution < -0.4 is 4.90 Å². The molecule has 1 aliphatic heterocycles. The van der Waals surface area contributed by atoms with Crippen LogP contribution in [0.1, 0.15) is 19.8 Å². The summed E-state index contributed by atoms with van der Waals surface area (Å²) >= 11 is 0. The fourth-order valence-electron chi connectivity index (χ4n) is 3.12. The first-order valence-electron chi connectivity index (χ1n) is 7.16. The zero-order chi connectivity index (χ0) is 13.5. The van der Waals surface area contributed by atoms with Gasteiger partial charge in [0.15, 0.2) is 11.5 Å². The van der Waals surface area contributed by atoms with Crippen molar-refractivity contribution in [1.29, 1.82) is 0 Å². The van der Waals surface area contributed by atoms with Crippen LogP contribution in [0.15, 0.2) is 30.6 Å². The first kappa shape index (κ1) is 11.6. The zero-order valence-electron chi connectivity index (χ0n) is 11.5. The average Bonchev–Trinajstić information content (AvgIpc) is 2.95. The first-order chi connectivity index (χ1) is 9.83. The second-order valence-corrected chi connectivity index (χ2v) is 5.66. The third kappa shape index (κ3) is 1.73. The highest BCUT2D eigenvalue weighted by molar-refractivity contribution is 6.00. The van der Waals surface area contributed by atoms with E-state index in [0.717, 1.165) is 35.9 Å². The lowest BCUT2D eigenvalue weighted by atomic mass is 10.00. The molecule has 0 saturated carbocycles. The molecule has 1 aliphatic rings. The minimum Gasteiger partial charge on any atom is -0.354 e. The normalized spacial score (nSPS) is 19.9. The maximum atomic E-state index is 4.74. The molecule has 5 nitrogen and oxygen atoms in total. The summed E-state index contributed by atoms with van der Waals surface area (Å²) in [5.41, 5.74) is 0.828. The number of hydrogen-bond acceptors (Lipinski definition) is 4. The molecule has 1 unspecified atom stereocenters. The van der Waals surface area contributed by atoms with Crippen molar-refractivity contribution < 1.29 is 0 Å². The molecular weight excluding hydrogens is 250 g/mol. The van der Waals surface area contributed by atoms with Gasteiger partial charge in [-0.2, -0.15) is 4.52 Å². The Labute approximate surface area is 117 Å². The molecule has 2 aromatic heterocycles. The third-order valence-corrected chi connectivity index (χ3v) is 4.10. The van der Waals surface area contributed by atoms with E-state index in [1.165, 1.54) is 18.2 Å². The predicted molar refractivity (Wildman–Crippen MR) is 78.9 cm³/mol. The summed E-state index contributed by atoms with van der Waals surface area (Å²) in [6.07, 6.45) is 4.22. The summed E-state index contributed by atoms with van der Waals surface area (Å²) in [5, 5.41) is 15.2. The molecule has 0 N–H and O–H groups in total. The van der Waals surface area contributed by atoms with Crippen molar-refractivity contribution in [2.75, 3.05) is 18.0 Å². The fourth-order valence-corrected chi connectivity index (χ4v) is 3.12. The Morgan fingerprint density at radius 2 is 2.05 bits per heavy atom. The van der Waals surface area contributed by atoms with E-state index < -0.39 is 0 Å². The third-order valence-electron chi connectivity index (χ3n) is 4.10. The number of benzene rings is 1. The van der Waals surface area contributed by atoms with Gasteiger partial charge >= 0.3 is 0 Å². The highest BCUT2D eigenvalue weighted by Crippen LogP contribution is 2.29. The Bertz CT molecular complexity index is 763. The number of hydrogen-bond donors (Lipinski definition) is 0. The maximum absolute atomic E-state index is 4.74. The molecule has 20 heavy (non-hydrogen) atoms. The van der Waals surface area contributed by atoms with E-state index in [1.807, 2.05) is 6.07 Å². The van der Waals surface area contributed by atoms with Crippen LogP contribution in [0.4, 0.5) is 5.82 Å². The van der Waals surface area contributed by atoms with Gasteiger partial charge in [-0.25, -0.2) is 0 Å². The van der Waals surface area contributed by atoms with Gasteiger partial charge in [0.1, 0.15) is 6.33 Å². The summed E-state index contributed by atoms with van der Waals surface area (Å²) in [6.45, 7) is 4.46. The van der Waals surface area contributed by atoms with Crippen LogP contribution in [0.3, 0.4) is 0 Å². The number of anilines is 1. The van der Waals surface area contributed by atoms with E-state index in [4.69, 9.17) is 5.10 Å². The molecule has 1 atom stereocenters. The Hall–Kier alpha value is -2.17. The van der Waals surface area contributed by atoms with Crippen molar-refractivity contribution in [1.82, 2.24) is 19.8 Å². The molecule has 0 aliphatic carbocycles. The van der Waals surface area contributed by atoms with Crippen molar-refractivity contribution in [2.45, 2.75) is 19.8 Å². The van der Waals surface area contributed by atoms with Gasteiger partial charge in [0.2, 0.25) is 0 Å². The van der Waals surface area contributed by atoms with Crippen LogP contribution >= 0.6 is 0 Å². The van der Waals surface area contributed by atoms with Crippen molar-refractivity contribution in [3.05, 3.63) is 30.6 Å². The molecule has 4 rings (SSSR count). The molecule has 0 spiro atoms. The number of piperidine rings is 1. The molecule has 1 aromatic carbocycles. The van der Waals surface area contributed by atoms with Crippen molar-refractivity contribution in [3.8, 4) is 0 Å². The number of aromatic nitrogens is 4. The van der Waals surface area contributed by atoms with Crippen LogP contribution in [0, 0.1) is 5.92 Å². The van der Waals surface area contributed by atoms with Crippen LogP contribution in [-0.2, 0) is 0 Å². The minimum atomic E-state index is 0.723. The van der Waals surface area contributed by atoms with Gasteiger partial charge in [-0.05, 0) is 18.8 Å². The van der Waals surface area contributed by atoms with E-state index in [0.29, 0.717) is 0 Å². The SMILES string of the molecule is CC1CCCN(c2nn3cnnc3c3ccccc23)C1. The summed E-state index contributed by atoms with van der Waals surface area (Å²) < 4.78 is 1.79. The first-order valence-corrected chi connectivity index (χ1v) is 7.16. The lowest BCUT2D eigenvalue weighted by molar-refractivity contribution is 0.444. The summed E-state index contributed by atoms with van der Waals surface area (Å²) in [7, 11) is 0. The molecule has 0 amide bonds. The Balaban J connectivity index is 1.96. The van der Waals surface area contributed by atoms with Gasteiger partial charge in [-0.3, -0.25) is 0 Å². The van der Waals surface area contributed by atoms with Gasteiger partial charge in [0.05, 0.1) is 0 Å². The predicted octanol–water partition coefficient (Wildman–Crippen LogP) is 2.51. The molecule has 1 fully saturated rings. The second-order valence-electron chi connectivity index (χ2n) is 5.66. The average molecular weight is 267 g/mol. The molecule has 3 heterocycles. The molecule has 3 aromatic rings. The van der Waals surface area contributed by atoms with E-state index in [-0.39, 0.29) is 0 Å². The summed E-state index contributed by atoms with van der Waals surface area (Å²) in [4.78, 5) is 2.40. The monoisotopic (exact) mass is 267 g/mol. The quantitative estimate of drug-likeness (QED) is 0.679. The highest BCUT2D eigenvalue weighted by Gasteiger charge is 2.21. The Kier molecular flexibility index (Phi) is 2.58. The Morgan fingerprint density at radius 3 is 2.90 bits per heavy atom. The lowest BCUT2D eigenvalue weighted by Crippen LogP contribution is -2.35. The molecule has 0 radical (unpaired) electrons. The van der Waals surface area contributed by atoms with Gasteiger partial charge < -0.3 is 4.90 Å². The summed E-state index contributed by atoms with van der Waals surface area (Å²) in [6, 6.07) is 8.33. The zero-order valence-corrected chi connectivity index (χ0v) is 11.5. The molecule has 5 heteroatoms. The van der Waals surface area contributed by atoms with Crippen molar-refractivity contribution >= 4 is 22.2 Å². The van der Waals surface area contributed by atoms with E-state index in [2.05, 4.69) is 40.2 Å². The largest absolute Gasteiger partial charge is 0.354 e. The van der Waals surface area contributed by atoms with Crippen LogP contribution in [0.2, 0.25) is 0 Å². The van der Waals surface area contributed by atoms with Crippen LogP contribution in [0.5, 0.6) is 0 Å². The smallest absolute Gasteiger partial charge is 0.185 e. The molecular formula is C15H17N5. The van der Waals surface area contributed by atoms with Crippen LogP contribution in [-0.4, -0.2) is 32.9 Å². The molecule has 102 valence electrons. The minimum absolute atomic E-state index is 0.723. The maximum Gasteiger partial charge on any atom is 0.185 e. The van der Waals surface area contributed by atoms with Crippen molar-refractivity contribution in [3.63, 3.8) is 0 Å². The molecule has 1 saturated heterocycles. The number of nitrogens with zero attached hydrogens (tertiary/aromatic N) is 5. The number of fused-ring (bicyclic) bond motifs is 3. The van der Waals surface area contributed by atoms with Crippen LogP contribution in [0.25, 0.3) is 16.4 Å². The van der Waals surface area contributed by atoms with Gasteiger partial charge in [-0.1, -0.05) is 31.2 Å². The van der Waals surface area contributed by atoms with E-state index in [1.54, 1.807) is 10.8 Å². The van der Waals surface area contributed by atoms with Gasteiger partial charge in [-0.15, -0.1) is 15.3 Å². The topological polar surface area (TPSA) is 46.3 Å². The van der Waals surface area contributed by atoms with Gasteiger partial charge in [0.25, 0.3) is 0 Å². The second kappa shape index (κ2) is 4.44. The number of rotatable bonds is 1. The highest BCUT2D eigenvalue weighted by atomic mass is 15.4. The fraction of sp³-hybridized carbons (Fsp3) is 0.400. The van der Waals surface area contributed by atoms with Crippen molar-refractivity contribution in [2.24, 2.45) is 5.92 Å².